The Morgan fingerprint density at radius 2 is 1.39 bits per heavy atom. The zero-order valence-electron chi connectivity index (χ0n) is 25.8. The van der Waals surface area contributed by atoms with Crippen LogP contribution in [0.15, 0.2) is 144 Å². The van der Waals surface area contributed by atoms with Crippen LogP contribution in [0, 0.1) is 10.1 Å². The monoisotopic (exact) mass is 668 g/mol. The molecule has 1 unspecified atom stereocenters. The van der Waals surface area contributed by atoms with Crippen molar-refractivity contribution < 1.29 is 24.1 Å². The van der Waals surface area contributed by atoms with E-state index in [-0.39, 0.29) is 23.5 Å². The number of benzene rings is 5. The van der Waals surface area contributed by atoms with Gasteiger partial charge in [-0.3, -0.25) is 29.3 Å². The fourth-order valence-corrected chi connectivity index (χ4v) is 6.24. The minimum absolute atomic E-state index is 0.0272. The zero-order valence-corrected chi connectivity index (χ0v) is 26.6. The van der Waals surface area contributed by atoms with Crippen molar-refractivity contribution in [1.82, 2.24) is 5.32 Å². The van der Waals surface area contributed by atoms with Gasteiger partial charge in [-0.15, -0.1) is 11.8 Å². The highest BCUT2D eigenvalue weighted by molar-refractivity contribution is 8.00. The van der Waals surface area contributed by atoms with Gasteiger partial charge in [-0.1, -0.05) is 72.8 Å². The van der Waals surface area contributed by atoms with Crippen LogP contribution in [-0.4, -0.2) is 33.8 Å². The fraction of sp³-hybridized carbons (Fsp3) is 0.0526. The van der Waals surface area contributed by atoms with Crippen LogP contribution < -0.4 is 15.5 Å². The summed E-state index contributed by atoms with van der Waals surface area (Å²) in [6.07, 6.45) is 1.58. The van der Waals surface area contributed by atoms with Crippen molar-refractivity contribution >= 4 is 58.5 Å². The largest absolute Gasteiger partial charge is 0.321 e. The Morgan fingerprint density at radius 3 is 2.02 bits per heavy atom. The van der Waals surface area contributed by atoms with Gasteiger partial charge in [0, 0.05) is 34.7 Å². The molecule has 1 saturated heterocycles. The molecule has 1 heterocycles. The number of carbonyl (C=O) groups excluding carboxylic acids is 4. The molecule has 11 heteroatoms. The Hall–Kier alpha value is -6.33. The van der Waals surface area contributed by atoms with Gasteiger partial charge in [0.05, 0.1) is 15.9 Å². The first-order valence-corrected chi connectivity index (χ1v) is 16.1. The number of nitrogens with zero attached hydrogens (tertiary/aromatic N) is 2. The normalized spacial score (nSPS) is 14.4. The Kier molecular flexibility index (Phi) is 9.73. The second-order valence-corrected chi connectivity index (χ2v) is 12.3. The van der Waals surface area contributed by atoms with Gasteiger partial charge in [-0.25, -0.2) is 4.90 Å². The lowest BCUT2D eigenvalue weighted by molar-refractivity contribution is -0.384. The van der Waals surface area contributed by atoms with Gasteiger partial charge in [-0.05, 0) is 71.3 Å². The van der Waals surface area contributed by atoms with E-state index in [1.807, 2.05) is 54.6 Å². The van der Waals surface area contributed by atoms with Gasteiger partial charge >= 0.3 is 0 Å². The van der Waals surface area contributed by atoms with Crippen LogP contribution in [0.5, 0.6) is 0 Å². The van der Waals surface area contributed by atoms with Crippen molar-refractivity contribution in [2.45, 2.75) is 16.6 Å². The molecule has 2 N–H and O–H groups in total. The molecule has 0 saturated carbocycles. The van der Waals surface area contributed by atoms with E-state index in [0.717, 1.165) is 16.0 Å². The Labute approximate surface area is 285 Å². The topological polar surface area (TPSA) is 139 Å². The summed E-state index contributed by atoms with van der Waals surface area (Å²) < 4.78 is 0. The van der Waals surface area contributed by atoms with Crippen molar-refractivity contribution in [1.29, 1.82) is 0 Å². The first kappa shape index (κ1) is 32.6. The van der Waals surface area contributed by atoms with Crippen LogP contribution in [0.3, 0.4) is 0 Å². The summed E-state index contributed by atoms with van der Waals surface area (Å²) >= 11 is 1.21. The molecule has 1 atom stereocenters. The quantitative estimate of drug-likeness (QED) is 0.0701. The van der Waals surface area contributed by atoms with Crippen LogP contribution in [-0.2, 0) is 14.4 Å². The van der Waals surface area contributed by atoms with Crippen LogP contribution >= 0.6 is 11.8 Å². The van der Waals surface area contributed by atoms with E-state index in [1.54, 1.807) is 60.7 Å². The summed E-state index contributed by atoms with van der Waals surface area (Å²) in [7, 11) is 0. The highest BCUT2D eigenvalue weighted by atomic mass is 32.2. The van der Waals surface area contributed by atoms with E-state index in [2.05, 4.69) is 10.6 Å². The third-order valence-corrected chi connectivity index (χ3v) is 8.87. The second kappa shape index (κ2) is 14.6. The lowest BCUT2D eigenvalue weighted by atomic mass is 10.0. The van der Waals surface area contributed by atoms with Crippen molar-refractivity contribution in [2.24, 2.45) is 0 Å². The van der Waals surface area contributed by atoms with E-state index in [4.69, 9.17) is 0 Å². The van der Waals surface area contributed by atoms with Gasteiger partial charge in [0.15, 0.2) is 0 Å². The Morgan fingerprint density at radius 1 is 0.776 bits per heavy atom. The Balaban J connectivity index is 1.15. The fourth-order valence-electron chi connectivity index (χ4n) is 5.18. The molecule has 5 aromatic rings. The standard InChI is InChI=1S/C38H28N4O6S/c43-35-24-34(38(46)41(35)30-17-19-31(20-18-30)42(47)48)49-32-21-15-29(16-22-32)39-37(45)33(40-36(44)28-9-5-2-6-10-28)23-25-11-13-27(14-12-25)26-7-3-1-4-8-26/h1-23,34H,24H2,(H,39,45)(H,40,44)/b33-23-. The van der Waals surface area contributed by atoms with Gasteiger partial charge < -0.3 is 10.6 Å². The van der Waals surface area contributed by atoms with Crippen molar-refractivity contribution in [3.8, 4) is 11.1 Å². The van der Waals surface area contributed by atoms with E-state index in [1.165, 1.54) is 36.0 Å². The maximum absolute atomic E-state index is 13.5. The summed E-state index contributed by atoms with van der Waals surface area (Å²) in [6.45, 7) is 0. The van der Waals surface area contributed by atoms with Crippen molar-refractivity contribution in [2.75, 3.05) is 10.2 Å². The maximum Gasteiger partial charge on any atom is 0.272 e. The van der Waals surface area contributed by atoms with Crippen molar-refractivity contribution in [3.63, 3.8) is 0 Å². The number of amides is 4. The van der Waals surface area contributed by atoms with Crippen molar-refractivity contribution in [3.05, 3.63) is 160 Å². The maximum atomic E-state index is 13.5. The zero-order chi connectivity index (χ0) is 34.3. The lowest BCUT2D eigenvalue weighted by Gasteiger charge is -2.15. The molecule has 0 spiro atoms. The minimum Gasteiger partial charge on any atom is -0.321 e. The molecule has 1 aliphatic rings. The number of non-ortho nitro benzene ring substituents is 1. The molecule has 49 heavy (non-hydrogen) atoms. The molecular formula is C38H28N4O6S. The van der Waals surface area contributed by atoms with Gasteiger partial charge in [0.2, 0.25) is 11.8 Å². The molecule has 0 radical (unpaired) electrons. The molecule has 0 aliphatic carbocycles. The molecule has 4 amide bonds. The Bertz CT molecular complexity index is 2050. The van der Waals surface area contributed by atoms with Gasteiger partial charge in [0.1, 0.15) is 5.70 Å². The minimum atomic E-state index is -0.681. The lowest BCUT2D eigenvalue weighted by Crippen LogP contribution is -2.31. The number of nitro groups is 1. The molecule has 6 rings (SSSR count). The number of anilines is 2. The SMILES string of the molecule is O=C(Nc1ccc(SC2CC(=O)N(c3ccc([N+](=O)[O-])cc3)C2=O)cc1)/C(=C/c1ccc(-c2ccccc2)cc1)NC(=O)c1ccccc1. The van der Waals surface area contributed by atoms with Gasteiger partial charge in [0.25, 0.3) is 17.5 Å². The van der Waals surface area contributed by atoms with Crippen LogP contribution in [0.1, 0.15) is 22.3 Å². The number of nitrogens with one attached hydrogen (secondary N) is 2. The number of rotatable bonds is 10. The second-order valence-electron chi connectivity index (χ2n) is 11.0. The molecule has 10 nitrogen and oxygen atoms in total. The number of imide groups is 1. The molecule has 5 aromatic carbocycles. The summed E-state index contributed by atoms with van der Waals surface area (Å²) in [6, 6.07) is 38.1. The number of hydrogen-bond acceptors (Lipinski definition) is 7. The van der Waals surface area contributed by atoms with E-state index >= 15 is 0 Å². The average Bonchev–Trinajstić information content (AvgIpc) is 3.41. The van der Waals surface area contributed by atoms with E-state index < -0.39 is 33.8 Å². The molecular weight excluding hydrogens is 641 g/mol. The van der Waals surface area contributed by atoms with Crippen LogP contribution in [0.2, 0.25) is 0 Å². The molecule has 0 bridgehead atoms. The summed E-state index contributed by atoms with van der Waals surface area (Å²) in [5.74, 6) is -1.78. The highest BCUT2D eigenvalue weighted by Crippen LogP contribution is 2.35. The summed E-state index contributed by atoms with van der Waals surface area (Å²) in [5.41, 5.74) is 3.81. The molecule has 1 aliphatic heterocycles. The smallest absolute Gasteiger partial charge is 0.272 e. The number of thioether (sulfide) groups is 1. The van der Waals surface area contributed by atoms with Crippen LogP contribution in [0.4, 0.5) is 17.1 Å². The first-order valence-electron chi connectivity index (χ1n) is 15.2. The third kappa shape index (κ3) is 7.80. The van der Waals surface area contributed by atoms with E-state index in [9.17, 15) is 29.3 Å². The molecule has 0 aromatic heterocycles. The third-order valence-electron chi connectivity index (χ3n) is 7.67. The first-order chi connectivity index (χ1) is 23.7. The molecule has 1 fully saturated rings. The predicted molar refractivity (Wildman–Crippen MR) is 189 cm³/mol. The predicted octanol–water partition coefficient (Wildman–Crippen LogP) is 7.10. The van der Waals surface area contributed by atoms with Crippen LogP contribution in [0.25, 0.3) is 17.2 Å². The number of carbonyl (C=O) groups is 4. The van der Waals surface area contributed by atoms with E-state index in [0.29, 0.717) is 21.7 Å². The number of hydrogen-bond donors (Lipinski definition) is 2. The highest BCUT2D eigenvalue weighted by Gasteiger charge is 2.40. The number of nitro benzene ring substituents is 1. The summed E-state index contributed by atoms with van der Waals surface area (Å²) in [5, 5.41) is 15.9. The summed E-state index contributed by atoms with van der Waals surface area (Å²) in [4.78, 5) is 64.5. The van der Waals surface area contributed by atoms with Gasteiger partial charge in [-0.2, -0.15) is 0 Å². The average molecular weight is 669 g/mol. The molecule has 242 valence electrons.